The summed E-state index contributed by atoms with van der Waals surface area (Å²) in [5.74, 6) is 0. The molecule has 2 aromatic carbocycles. The largest absolute Gasteiger partial charge is 0.494 e. The van der Waals surface area contributed by atoms with Gasteiger partial charge in [-0.05, 0) is 44.3 Å². The molecule has 29 heavy (non-hydrogen) atoms. The minimum absolute atomic E-state index is 0.0133. The highest BCUT2D eigenvalue weighted by atomic mass is 127. The highest BCUT2D eigenvalue weighted by Gasteiger charge is 2.59. The lowest BCUT2D eigenvalue weighted by Gasteiger charge is -2.35. The molecule has 0 N–H and O–H groups in total. The predicted octanol–water partition coefficient (Wildman–Crippen LogP) is 5.81. The maximum Gasteiger partial charge on any atom is 0.494 e. The van der Waals surface area contributed by atoms with Gasteiger partial charge >= 0.3 is 13.3 Å². The molecular weight excluding hydrogens is 515 g/mol. The lowest BCUT2D eigenvalue weighted by molar-refractivity contribution is -0.232. The Bertz CT molecular complexity index is 830. The molecule has 1 fully saturated rings. The van der Waals surface area contributed by atoms with Crippen molar-refractivity contribution in [3.8, 4) is 0 Å². The van der Waals surface area contributed by atoms with Crippen molar-refractivity contribution < 1.29 is 26.7 Å². The monoisotopic (exact) mass is 536 g/mol. The zero-order valence-corrected chi connectivity index (χ0v) is 19.4. The molecule has 0 aromatic heterocycles. The molecule has 0 bridgehead atoms. The molecule has 1 heterocycles. The average molecular weight is 536 g/mol. The van der Waals surface area contributed by atoms with E-state index < -0.39 is 30.1 Å². The highest BCUT2D eigenvalue weighted by Crippen LogP contribution is 2.50. The molecule has 3 nitrogen and oxygen atoms in total. The molecule has 1 aliphatic heterocycles. The lowest BCUT2D eigenvalue weighted by atomic mass is 9.77. The molecular formula is C20H21BF3IO3S. The van der Waals surface area contributed by atoms with Crippen molar-refractivity contribution in [3.63, 3.8) is 0 Å². The first-order valence-corrected chi connectivity index (χ1v) is 12.3. The van der Waals surface area contributed by atoms with Gasteiger partial charge in [0.25, 0.3) is 0 Å². The molecule has 9 heteroatoms. The van der Waals surface area contributed by atoms with Gasteiger partial charge < -0.3 is 9.31 Å². The lowest BCUT2D eigenvalue weighted by Crippen LogP contribution is -2.44. The van der Waals surface area contributed by atoms with Gasteiger partial charge in [0.15, 0.2) is 0 Å². The first-order valence-electron chi connectivity index (χ1n) is 8.99. The van der Waals surface area contributed by atoms with Gasteiger partial charge in [0, 0.05) is 21.2 Å². The van der Waals surface area contributed by atoms with Crippen LogP contribution in [-0.4, -0.2) is 24.5 Å². The van der Waals surface area contributed by atoms with Crippen molar-refractivity contribution in [1.82, 2.24) is 0 Å². The molecule has 0 saturated carbocycles. The van der Waals surface area contributed by atoms with E-state index in [9.17, 15) is 13.2 Å². The molecule has 1 saturated heterocycles. The van der Waals surface area contributed by atoms with Crippen LogP contribution < -0.4 is 5.46 Å². The number of halogens is 4. The topological polar surface area (TPSA) is 27.7 Å². The Labute approximate surface area is 185 Å². The van der Waals surface area contributed by atoms with Crippen LogP contribution in [0.3, 0.4) is 0 Å². The van der Waals surface area contributed by atoms with Crippen LogP contribution in [0.1, 0.15) is 38.8 Å². The van der Waals surface area contributed by atoms with Crippen molar-refractivity contribution in [3.05, 3.63) is 65.7 Å². The Morgan fingerprint density at radius 3 is 1.79 bits per heavy atom. The fourth-order valence-corrected chi connectivity index (χ4v) is 4.40. The van der Waals surface area contributed by atoms with Crippen LogP contribution in [0.25, 0.3) is 0 Å². The van der Waals surface area contributed by atoms with E-state index >= 15 is 0 Å². The van der Waals surface area contributed by atoms with Crippen molar-refractivity contribution in [2.45, 2.75) is 50.7 Å². The number of benzene rings is 2. The van der Waals surface area contributed by atoms with E-state index in [4.69, 9.17) is 13.5 Å². The summed E-state index contributed by atoms with van der Waals surface area (Å²) in [6.07, 6.45) is -4.67. The highest BCUT2D eigenvalue weighted by molar-refractivity contribution is 14.2. The van der Waals surface area contributed by atoms with Crippen LogP contribution in [0, 0.1) is 0 Å². The second-order valence-corrected chi connectivity index (χ2v) is 9.27. The van der Waals surface area contributed by atoms with E-state index in [-0.39, 0.29) is 11.1 Å². The Balaban J connectivity index is 2.03. The normalized spacial score (nSPS) is 20.5. The fraction of sp³-hybridized carbons (Fsp3) is 0.400. The van der Waals surface area contributed by atoms with Crippen molar-refractivity contribution in [2.75, 3.05) is 0 Å². The zero-order valence-electron chi connectivity index (χ0n) is 16.4. The van der Waals surface area contributed by atoms with Crippen molar-refractivity contribution in [2.24, 2.45) is 0 Å². The van der Waals surface area contributed by atoms with E-state index in [1.54, 1.807) is 51.5 Å². The van der Waals surface area contributed by atoms with Crippen LogP contribution in [-0.2, 0) is 19.1 Å². The van der Waals surface area contributed by atoms with Crippen LogP contribution in [0.2, 0.25) is 0 Å². The molecule has 2 aromatic rings. The average Bonchev–Trinajstić information content (AvgIpc) is 2.87. The van der Waals surface area contributed by atoms with E-state index in [2.05, 4.69) is 0 Å². The molecule has 3 rings (SSSR count). The van der Waals surface area contributed by atoms with E-state index in [1.165, 1.54) is 24.3 Å². The Morgan fingerprint density at radius 2 is 1.34 bits per heavy atom. The summed E-state index contributed by atoms with van der Waals surface area (Å²) in [6, 6.07) is 13.7. The third-order valence-corrected chi connectivity index (χ3v) is 6.43. The maximum absolute atomic E-state index is 14.3. The summed E-state index contributed by atoms with van der Waals surface area (Å²) >= 11 is 1.71. The molecule has 0 spiro atoms. The van der Waals surface area contributed by atoms with Crippen LogP contribution in [0.4, 0.5) is 13.2 Å². The SMILES string of the molecule is CC1(C)OB(c2ccc(C(OSI)(c3ccccc3)C(F)(F)F)cc2)OC1(C)C. The number of alkyl halides is 3. The van der Waals surface area contributed by atoms with Crippen molar-refractivity contribution in [1.29, 1.82) is 0 Å². The van der Waals surface area contributed by atoms with Gasteiger partial charge in [-0.25, -0.2) is 0 Å². The van der Waals surface area contributed by atoms with Crippen LogP contribution in [0.5, 0.6) is 0 Å². The molecule has 0 aliphatic carbocycles. The summed E-state index contributed by atoms with van der Waals surface area (Å²) in [5.41, 5.74) is -3.00. The Hall–Kier alpha value is -0.745. The molecule has 1 aliphatic rings. The van der Waals surface area contributed by atoms with Gasteiger partial charge in [-0.15, -0.1) is 0 Å². The fourth-order valence-electron chi connectivity index (χ4n) is 3.21. The first kappa shape index (κ1) is 22.9. The molecule has 1 atom stereocenters. The van der Waals surface area contributed by atoms with Gasteiger partial charge in [-0.1, -0.05) is 54.6 Å². The first-order chi connectivity index (χ1) is 13.4. The van der Waals surface area contributed by atoms with Crippen LogP contribution >= 0.6 is 30.4 Å². The van der Waals surface area contributed by atoms with Crippen LogP contribution in [0.15, 0.2) is 54.6 Å². The van der Waals surface area contributed by atoms with Gasteiger partial charge in [0.2, 0.25) is 5.60 Å². The smallest absolute Gasteiger partial charge is 0.399 e. The molecule has 0 amide bonds. The minimum Gasteiger partial charge on any atom is -0.399 e. The van der Waals surface area contributed by atoms with E-state index in [0.29, 0.717) is 14.7 Å². The van der Waals surface area contributed by atoms with Crippen molar-refractivity contribution >= 4 is 43.0 Å². The predicted molar refractivity (Wildman–Crippen MR) is 118 cm³/mol. The third kappa shape index (κ3) is 4.08. The zero-order chi connectivity index (χ0) is 21.5. The quantitative estimate of drug-likeness (QED) is 0.274. The standard InChI is InChI=1S/C20H21BF3IO3S/c1-17(2)18(3,4)27-21(26-17)16-12-10-15(11-13-16)19(28-29-25,20(22,23)24)14-8-6-5-7-9-14/h5-13H,1-4H3. The van der Waals surface area contributed by atoms with Gasteiger partial charge in [-0.2, -0.15) is 13.2 Å². The van der Waals surface area contributed by atoms with E-state index in [0.717, 1.165) is 0 Å². The Morgan fingerprint density at radius 1 is 0.862 bits per heavy atom. The second-order valence-electron chi connectivity index (χ2n) is 7.90. The van der Waals surface area contributed by atoms with Gasteiger partial charge in [0.05, 0.1) is 20.4 Å². The summed E-state index contributed by atoms with van der Waals surface area (Å²) in [6.45, 7) is 7.71. The molecule has 0 radical (unpaired) electrons. The van der Waals surface area contributed by atoms with Gasteiger partial charge in [-0.3, -0.25) is 4.18 Å². The maximum atomic E-state index is 14.3. The second kappa shape index (κ2) is 8.07. The molecule has 156 valence electrons. The Kier molecular flexibility index (Phi) is 6.38. The summed E-state index contributed by atoms with van der Waals surface area (Å²) in [7, 11) is 0.00745. The third-order valence-electron chi connectivity index (χ3n) is 5.58. The summed E-state index contributed by atoms with van der Waals surface area (Å²) in [5, 5.41) is 0. The van der Waals surface area contributed by atoms with Gasteiger partial charge in [0.1, 0.15) is 0 Å². The number of rotatable bonds is 5. The summed E-state index contributed by atoms with van der Waals surface area (Å²) < 4.78 is 60.3. The molecule has 1 unspecified atom stereocenters. The number of hydrogen-bond donors (Lipinski definition) is 0. The minimum atomic E-state index is -4.67. The summed E-state index contributed by atoms with van der Waals surface area (Å²) in [4.78, 5) is 0. The number of hydrogen-bond acceptors (Lipinski definition) is 4. The van der Waals surface area contributed by atoms with E-state index in [1.807, 2.05) is 27.7 Å².